The second-order valence-corrected chi connectivity index (χ2v) is 7.19. The molecule has 0 radical (unpaired) electrons. The van der Waals surface area contributed by atoms with Gasteiger partial charge in [0, 0.05) is 24.2 Å². The zero-order valence-corrected chi connectivity index (χ0v) is 16.6. The zero-order valence-electron chi connectivity index (χ0n) is 16.6. The summed E-state index contributed by atoms with van der Waals surface area (Å²) >= 11 is 0. The quantitative estimate of drug-likeness (QED) is 0.703. The number of nitrogens with zero attached hydrogens (tertiary/aromatic N) is 3. The second-order valence-electron chi connectivity index (χ2n) is 7.19. The van der Waals surface area contributed by atoms with E-state index in [0.717, 1.165) is 27.9 Å². The first-order valence-electron chi connectivity index (χ1n) is 9.32. The SMILES string of the molecule is CNC(C)CNC(=O)c1cc(-c2ccccc2C)nc2c1cnn2C(C)C. The number of carbonyl (C=O) groups excluding carboxylic acids is 1. The van der Waals surface area contributed by atoms with Gasteiger partial charge in [0.05, 0.1) is 22.8 Å². The molecule has 27 heavy (non-hydrogen) atoms. The fourth-order valence-electron chi connectivity index (χ4n) is 3.03. The van der Waals surface area contributed by atoms with Gasteiger partial charge in [-0.3, -0.25) is 4.79 Å². The molecular formula is C21H27N5O. The van der Waals surface area contributed by atoms with E-state index in [0.29, 0.717) is 12.1 Å². The fraction of sp³-hybridized carbons (Fsp3) is 0.381. The lowest BCUT2D eigenvalue weighted by molar-refractivity contribution is 0.0952. The lowest BCUT2D eigenvalue weighted by atomic mass is 10.0. The van der Waals surface area contributed by atoms with Crippen LogP contribution in [0.2, 0.25) is 0 Å². The lowest BCUT2D eigenvalue weighted by Crippen LogP contribution is -2.37. The van der Waals surface area contributed by atoms with Crippen LogP contribution in [0.5, 0.6) is 0 Å². The normalized spacial score (nSPS) is 12.5. The molecule has 2 N–H and O–H groups in total. The van der Waals surface area contributed by atoms with Crippen molar-refractivity contribution < 1.29 is 4.79 Å². The van der Waals surface area contributed by atoms with E-state index in [4.69, 9.17) is 4.98 Å². The third kappa shape index (κ3) is 3.85. The van der Waals surface area contributed by atoms with Gasteiger partial charge in [-0.25, -0.2) is 9.67 Å². The van der Waals surface area contributed by atoms with Crippen LogP contribution in [-0.4, -0.2) is 40.3 Å². The van der Waals surface area contributed by atoms with Gasteiger partial charge >= 0.3 is 0 Å². The Balaban J connectivity index is 2.14. The van der Waals surface area contributed by atoms with Gasteiger partial charge in [0.15, 0.2) is 5.65 Å². The molecule has 2 aromatic heterocycles. The monoisotopic (exact) mass is 365 g/mol. The Labute approximate surface area is 160 Å². The predicted octanol–water partition coefficient (Wildman–Crippen LogP) is 3.33. The number of carbonyl (C=O) groups is 1. The molecule has 2 heterocycles. The first kappa shape index (κ1) is 19.0. The maximum Gasteiger partial charge on any atom is 0.252 e. The van der Waals surface area contributed by atoms with E-state index in [2.05, 4.69) is 42.6 Å². The number of nitrogens with one attached hydrogen (secondary N) is 2. The molecule has 0 saturated carbocycles. The van der Waals surface area contributed by atoms with E-state index in [1.54, 1.807) is 6.20 Å². The summed E-state index contributed by atoms with van der Waals surface area (Å²) in [6.07, 6.45) is 1.74. The Morgan fingerprint density at radius 1 is 1.22 bits per heavy atom. The number of fused-ring (bicyclic) bond motifs is 1. The first-order valence-corrected chi connectivity index (χ1v) is 9.32. The van der Waals surface area contributed by atoms with Crippen LogP contribution >= 0.6 is 0 Å². The van der Waals surface area contributed by atoms with Crippen molar-refractivity contribution in [3.63, 3.8) is 0 Å². The topological polar surface area (TPSA) is 71.8 Å². The highest BCUT2D eigenvalue weighted by atomic mass is 16.1. The molecule has 1 unspecified atom stereocenters. The Morgan fingerprint density at radius 3 is 2.63 bits per heavy atom. The van der Waals surface area contributed by atoms with Crippen molar-refractivity contribution in [2.45, 2.75) is 39.8 Å². The van der Waals surface area contributed by atoms with Gasteiger partial charge in [-0.15, -0.1) is 0 Å². The number of hydrogen-bond donors (Lipinski definition) is 2. The molecule has 0 aliphatic carbocycles. The fourth-order valence-corrected chi connectivity index (χ4v) is 3.03. The summed E-state index contributed by atoms with van der Waals surface area (Å²) in [5, 5.41) is 11.4. The predicted molar refractivity (Wildman–Crippen MR) is 109 cm³/mol. The maximum absolute atomic E-state index is 12.9. The van der Waals surface area contributed by atoms with E-state index in [1.807, 2.05) is 42.9 Å². The molecule has 142 valence electrons. The first-order chi connectivity index (χ1) is 12.9. The smallest absolute Gasteiger partial charge is 0.252 e. The van der Waals surface area contributed by atoms with Crippen molar-refractivity contribution in [1.82, 2.24) is 25.4 Å². The second kappa shape index (κ2) is 7.88. The highest BCUT2D eigenvalue weighted by Gasteiger charge is 2.19. The summed E-state index contributed by atoms with van der Waals surface area (Å²) in [6.45, 7) is 8.75. The van der Waals surface area contributed by atoms with E-state index in [-0.39, 0.29) is 18.0 Å². The minimum Gasteiger partial charge on any atom is -0.350 e. The largest absolute Gasteiger partial charge is 0.350 e. The van der Waals surface area contributed by atoms with Gasteiger partial charge in [-0.1, -0.05) is 24.3 Å². The number of amides is 1. The van der Waals surface area contributed by atoms with Crippen LogP contribution in [0.25, 0.3) is 22.3 Å². The van der Waals surface area contributed by atoms with E-state index in [9.17, 15) is 4.79 Å². The van der Waals surface area contributed by atoms with Crippen molar-refractivity contribution in [3.05, 3.63) is 47.7 Å². The highest BCUT2D eigenvalue weighted by molar-refractivity contribution is 6.06. The van der Waals surface area contributed by atoms with Crippen LogP contribution in [0, 0.1) is 6.92 Å². The van der Waals surface area contributed by atoms with Crippen LogP contribution in [-0.2, 0) is 0 Å². The zero-order chi connectivity index (χ0) is 19.6. The number of benzene rings is 1. The van der Waals surface area contributed by atoms with Gasteiger partial charge in [0.1, 0.15) is 0 Å². The van der Waals surface area contributed by atoms with Gasteiger partial charge < -0.3 is 10.6 Å². The molecule has 6 heteroatoms. The number of aryl methyl sites for hydroxylation is 1. The molecule has 1 atom stereocenters. The van der Waals surface area contributed by atoms with Crippen LogP contribution < -0.4 is 10.6 Å². The number of aromatic nitrogens is 3. The minimum atomic E-state index is -0.109. The van der Waals surface area contributed by atoms with Crippen LogP contribution in [0.15, 0.2) is 36.5 Å². The molecule has 3 rings (SSSR count). The van der Waals surface area contributed by atoms with Crippen LogP contribution in [0.1, 0.15) is 42.7 Å². The Morgan fingerprint density at radius 2 is 1.96 bits per heavy atom. The van der Waals surface area contributed by atoms with Crippen molar-refractivity contribution in [2.24, 2.45) is 0 Å². The molecule has 3 aromatic rings. The average Bonchev–Trinajstić information content (AvgIpc) is 3.09. The summed E-state index contributed by atoms with van der Waals surface area (Å²) in [6, 6.07) is 10.3. The van der Waals surface area contributed by atoms with E-state index >= 15 is 0 Å². The molecule has 0 aliphatic rings. The standard InChI is InChI=1S/C21H27N5O/c1-13(2)26-20-18(12-24-26)17(21(27)23-11-15(4)22-5)10-19(25-20)16-9-7-6-8-14(16)3/h6-10,12-13,15,22H,11H2,1-5H3,(H,23,27). The maximum atomic E-state index is 12.9. The summed E-state index contributed by atoms with van der Waals surface area (Å²) in [5.74, 6) is -0.109. The number of rotatable bonds is 6. The van der Waals surface area contributed by atoms with Crippen molar-refractivity contribution in [1.29, 1.82) is 0 Å². The molecule has 0 spiro atoms. The molecule has 1 aromatic carbocycles. The minimum absolute atomic E-state index is 0.109. The molecule has 6 nitrogen and oxygen atoms in total. The van der Waals surface area contributed by atoms with Crippen LogP contribution in [0.3, 0.4) is 0 Å². The molecular weight excluding hydrogens is 338 g/mol. The van der Waals surface area contributed by atoms with E-state index in [1.165, 1.54) is 0 Å². The average molecular weight is 365 g/mol. The van der Waals surface area contributed by atoms with Gasteiger partial charge in [-0.05, 0) is 46.4 Å². The Kier molecular flexibility index (Phi) is 5.56. The third-order valence-corrected chi connectivity index (χ3v) is 4.78. The molecule has 0 fully saturated rings. The number of hydrogen-bond acceptors (Lipinski definition) is 4. The highest BCUT2D eigenvalue weighted by Crippen LogP contribution is 2.28. The summed E-state index contributed by atoms with van der Waals surface area (Å²) < 4.78 is 1.87. The summed E-state index contributed by atoms with van der Waals surface area (Å²) in [4.78, 5) is 17.8. The number of likely N-dealkylation sites (N-methyl/N-ethyl adjacent to an activating group) is 1. The van der Waals surface area contributed by atoms with Gasteiger partial charge in [0.2, 0.25) is 0 Å². The summed E-state index contributed by atoms with van der Waals surface area (Å²) in [7, 11) is 1.88. The Bertz CT molecular complexity index is 960. The number of pyridine rings is 1. The van der Waals surface area contributed by atoms with Gasteiger partial charge in [-0.2, -0.15) is 5.10 Å². The molecule has 0 saturated heterocycles. The van der Waals surface area contributed by atoms with Crippen LogP contribution in [0.4, 0.5) is 0 Å². The summed E-state index contributed by atoms with van der Waals surface area (Å²) in [5.41, 5.74) is 4.27. The van der Waals surface area contributed by atoms with Gasteiger partial charge in [0.25, 0.3) is 5.91 Å². The van der Waals surface area contributed by atoms with Crippen molar-refractivity contribution in [2.75, 3.05) is 13.6 Å². The van der Waals surface area contributed by atoms with Crippen molar-refractivity contribution >= 4 is 16.9 Å². The lowest BCUT2D eigenvalue weighted by Gasteiger charge is -2.14. The van der Waals surface area contributed by atoms with E-state index < -0.39 is 0 Å². The third-order valence-electron chi connectivity index (χ3n) is 4.78. The van der Waals surface area contributed by atoms with Crippen molar-refractivity contribution in [3.8, 4) is 11.3 Å². The Hall–Kier alpha value is -2.73. The molecule has 0 bridgehead atoms. The molecule has 1 amide bonds. The molecule has 0 aliphatic heterocycles.